The highest BCUT2D eigenvalue weighted by Gasteiger charge is 2.45. The molecule has 130 valence electrons. The number of aliphatic hydroxyl groups is 1. The highest BCUT2D eigenvalue weighted by Crippen LogP contribution is 2.37. The Kier molecular flexibility index (Phi) is 4.86. The van der Waals surface area contributed by atoms with Crippen LogP contribution in [0.3, 0.4) is 0 Å². The molecule has 1 amide bonds. The van der Waals surface area contributed by atoms with E-state index in [4.69, 9.17) is 4.74 Å². The van der Waals surface area contributed by atoms with Gasteiger partial charge in [0.25, 0.3) is 0 Å². The summed E-state index contributed by atoms with van der Waals surface area (Å²) in [6, 6.07) is 16.6. The van der Waals surface area contributed by atoms with E-state index in [0.717, 1.165) is 11.3 Å². The molecule has 0 unspecified atom stereocenters. The van der Waals surface area contributed by atoms with Gasteiger partial charge in [-0.05, 0) is 24.1 Å². The summed E-state index contributed by atoms with van der Waals surface area (Å²) >= 11 is 0. The first-order chi connectivity index (χ1) is 12.1. The molecule has 1 heterocycles. The lowest BCUT2D eigenvalue weighted by Gasteiger charge is -2.31. The van der Waals surface area contributed by atoms with Crippen LogP contribution < -0.4 is 4.74 Å². The van der Waals surface area contributed by atoms with Crippen molar-refractivity contribution in [3.05, 3.63) is 65.7 Å². The Labute approximate surface area is 147 Å². The van der Waals surface area contributed by atoms with Gasteiger partial charge in [0.05, 0.1) is 13.5 Å². The molecule has 5 nitrogen and oxygen atoms in total. The van der Waals surface area contributed by atoms with E-state index in [1.807, 2.05) is 37.3 Å². The van der Waals surface area contributed by atoms with Crippen LogP contribution in [0.1, 0.15) is 30.9 Å². The highest BCUT2D eigenvalue weighted by molar-refractivity contribution is 5.91. The molecule has 3 rings (SSSR count). The number of rotatable bonds is 5. The first-order valence-electron chi connectivity index (χ1n) is 8.37. The molecule has 0 aromatic heterocycles. The average molecular weight is 338 g/mol. The van der Waals surface area contributed by atoms with Crippen LogP contribution in [0.15, 0.2) is 59.7 Å². The molecule has 0 saturated heterocycles. The number of nitrogens with zero attached hydrogens (tertiary/aromatic N) is 2. The summed E-state index contributed by atoms with van der Waals surface area (Å²) in [5.74, 6) is 0.395. The summed E-state index contributed by atoms with van der Waals surface area (Å²) in [5.41, 5.74) is 0.805. The predicted octanol–water partition coefficient (Wildman–Crippen LogP) is 3.08. The quantitative estimate of drug-likeness (QED) is 0.911. The molecule has 0 saturated carbocycles. The zero-order chi connectivity index (χ0) is 17.9. The number of carbonyl (C=O) groups is 1. The predicted molar refractivity (Wildman–Crippen MR) is 96.2 cm³/mol. The number of hydrogen-bond donors (Lipinski definition) is 1. The Morgan fingerprint density at radius 3 is 2.68 bits per heavy atom. The van der Waals surface area contributed by atoms with E-state index in [9.17, 15) is 9.90 Å². The van der Waals surface area contributed by atoms with Gasteiger partial charge in [0.15, 0.2) is 5.72 Å². The van der Waals surface area contributed by atoms with Gasteiger partial charge in [-0.3, -0.25) is 4.79 Å². The van der Waals surface area contributed by atoms with E-state index in [-0.39, 0.29) is 12.3 Å². The van der Waals surface area contributed by atoms with Gasteiger partial charge >= 0.3 is 0 Å². The number of hydrogen-bond acceptors (Lipinski definition) is 4. The second-order valence-electron chi connectivity index (χ2n) is 6.11. The Morgan fingerprint density at radius 2 is 2.00 bits per heavy atom. The van der Waals surface area contributed by atoms with E-state index in [0.29, 0.717) is 24.2 Å². The van der Waals surface area contributed by atoms with Crippen LogP contribution >= 0.6 is 0 Å². The number of benzene rings is 2. The number of amides is 1. The zero-order valence-electron chi connectivity index (χ0n) is 14.5. The Hall–Kier alpha value is -2.66. The lowest BCUT2D eigenvalue weighted by Crippen LogP contribution is -2.44. The fraction of sp³-hybridized carbons (Fsp3) is 0.300. The molecule has 2 aromatic rings. The molecule has 5 heteroatoms. The summed E-state index contributed by atoms with van der Waals surface area (Å²) in [6.07, 6.45) is 1.17. The van der Waals surface area contributed by atoms with Gasteiger partial charge in [0.2, 0.25) is 5.91 Å². The third kappa shape index (κ3) is 3.42. The van der Waals surface area contributed by atoms with Crippen molar-refractivity contribution < 1.29 is 14.6 Å². The van der Waals surface area contributed by atoms with Crippen LogP contribution in [-0.2, 0) is 16.9 Å². The van der Waals surface area contributed by atoms with Crippen molar-refractivity contribution in [3.63, 3.8) is 0 Å². The van der Waals surface area contributed by atoms with Crippen molar-refractivity contribution in [1.29, 1.82) is 0 Å². The van der Waals surface area contributed by atoms with Crippen molar-refractivity contribution >= 4 is 11.6 Å². The van der Waals surface area contributed by atoms with Crippen LogP contribution in [0.5, 0.6) is 5.75 Å². The molecular formula is C20H22N2O3. The molecule has 1 N–H and O–H groups in total. The normalized spacial score (nSPS) is 19.6. The molecule has 0 fully saturated rings. The summed E-state index contributed by atoms with van der Waals surface area (Å²) < 4.78 is 5.25. The topological polar surface area (TPSA) is 62.1 Å². The molecule has 1 atom stereocenters. The first kappa shape index (κ1) is 17.2. The van der Waals surface area contributed by atoms with Crippen molar-refractivity contribution in [2.24, 2.45) is 5.10 Å². The minimum absolute atomic E-state index is 0.188. The second-order valence-corrected chi connectivity index (χ2v) is 6.11. The third-order valence-electron chi connectivity index (χ3n) is 4.42. The third-order valence-corrected chi connectivity index (χ3v) is 4.42. The van der Waals surface area contributed by atoms with E-state index in [2.05, 4.69) is 5.10 Å². The van der Waals surface area contributed by atoms with Gasteiger partial charge in [-0.25, -0.2) is 0 Å². The maximum absolute atomic E-state index is 12.8. The SMILES string of the molecule is CCC1=NN(C(=O)Cc2ccccc2)[C@@](O)(c2cccc(OC)c2)C1. The Balaban J connectivity index is 1.93. The minimum atomic E-state index is -1.48. The van der Waals surface area contributed by atoms with Gasteiger partial charge in [-0.15, -0.1) is 0 Å². The van der Waals surface area contributed by atoms with E-state index in [1.165, 1.54) is 5.01 Å². The maximum Gasteiger partial charge on any atom is 0.250 e. The number of carbonyl (C=O) groups excluding carboxylic acids is 1. The molecule has 25 heavy (non-hydrogen) atoms. The molecule has 1 aliphatic heterocycles. The van der Waals surface area contributed by atoms with E-state index in [1.54, 1.807) is 31.4 Å². The van der Waals surface area contributed by atoms with Crippen molar-refractivity contribution in [1.82, 2.24) is 5.01 Å². The smallest absolute Gasteiger partial charge is 0.250 e. The van der Waals surface area contributed by atoms with Gasteiger partial charge in [0, 0.05) is 17.7 Å². The fourth-order valence-electron chi connectivity index (χ4n) is 3.02. The maximum atomic E-state index is 12.8. The van der Waals surface area contributed by atoms with Crippen LogP contribution in [0.4, 0.5) is 0 Å². The lowest BCUT2D eigenvalue weighted by molar-refractivity contribution is -0.157. The van der Waals surface area contributed by atoms with Crippen molar-refractivity contribution in [2.45, 2.75) is 31.9 Å². The standard InChI is InChI=1S/C20H22N2O3/c1-3-17-14-20(24,16-10-7-11-18(13-16)25-2)22(21-17)19(23)12-15-8-5-4-6-9-15/h4-11,13,24H,3,12,14H2,1-2H3/t20-/m0/s1. The van der Waals surface area contributed by atoms with Gasteiger partial charge < -0.3 is 9.84 Å². The average Bonchev–Trinajstić information content (AvgIpc) is 3.01. The fourth-order valence-corrected chi connectivity index (χ4v) is 3.02. The largest absolute Gasteiger partial charge is 0.497 e. The molecule has 0 bridgehead atoms. The molecule has 0 aliphatic carbocycles. The van der Waals surface area contributed by atoms with Gasteiger partial charge in [-0.1, -0.05) is 49.4 Å². The van der Waals surface area contributed by atoms with Crippen LogP contribution in [0.25, 0.3) is 0 Å². The Bertz CT molecular complexity index is 789. The summed E-state index contributed by atoms with van der Waals surface area (Å²) in [7, 11) is 1.57. The lowest BCUT2D eigenvalue weighted by atomic mass is 9.96. The highest BCUT2D eigenvalue weighted by atomic mass is 16.5. The number of methoxy groups -OCH3 is 1. The summed E-state index contributed by atoms with van der Waals surface area (Å²) in [5, 5.41) is 17.0. The number of ether oxygens (including phenoxy) is 1. The molecule has 0 radical (unpaired) electrons. The van der Waals surface area contributed by atoms with Gasteiger partial charge in [-0.2, -0.15) is 10.1 Å². The molecule has 1 aliphatic rings. The minimum Gasteiger partial charge on any atom is -0.497 e. The Morgan fingerprint density at radius 1 is 1.24 bits per heavy atom. The molecule has 2 aromatic carbocycles. The van der Waals surface area contributed by atoms with E-state index >= 15 is 0 Å². The van der Waals surface area contributed by atoms with Crippen molar-refractivity contribution in [3.8, 4) is 5.75 Å². The summed E-state index contributed by atoms with van der Waals surface area (Å²) in [4.78, 5) is 12.8. The second kappa shape index (κ2) is 7.07. The molecule has 0 spiro atoms. The summed E-state index contributed by atoms with van der Waals surface area (Å²) in [6.45, 7) is 1.97. The van der Waals surface area contributed by atoms with Crippen LogP contribution in [0.2, 0.25) is 0 Å². The monoisotopic (exact) mass is 338 g/mol. The van der Waals surface area contributed by atoms with Crippen LogP contribution in [0, 0.1) is 0 Å². The van der Waals surface area contributed by atoms with Crippen molar-refractivity contribution in [2.75, 3.05) is 7.11 Å². The zero-order valence-corrected chi connectivity index (χ0v) is 14.5. The first-order valence-corrected chi connectivity index (χ1v) is 8.37. The van der Waals surface area contributed by atoms with E-state index < -0.39 is 5.72 Å². The number of hydrazone groups is 1. The van der Waals surface area contributed by atoms with Gasteiger partial charge in [0.1, 0.15) is 5.75 Å². The molecular weight excluding hydrogens is 316 g/mol. The van der Waals surface area contributed by atoms with Crippen LogP contribution in [-0.4, -0.2) is 28.8 Å².